The largest absolute Gasteiger partial charge is 0.456 e. The maximum absolute atomic E-state index is 14.0. The summed E-state index contributed by atoms with van der Waals surface area (Å²) in [6, 6.07) is 42.0. The topological polar surface area (TPSA) is 25.2 Å². The molecule has 3 heteroatoms. The summed E-state index contributed by atoms with van der Waals surface area (Å²) in [5.41, 5.74) is 7.91. The lowest BCUT2D eigenvalue weighted by Crippen LogP contribution is -1.91. The minimum Gasteiger partial charge on any atom is -0.456 e. The highest BCUT2D eigenvalue weighted by molar-refractivity contribution is 6.07. The van der Waals surface area contributed by atoms with E-state index in [-0.39, 0.29) is 5.82 Å². The van der Waals surface area contributed by atoms with Crippen LogP contribution in [0.1, 0.15) is 0 Å². The van der Waals surface area contributed by atoms with Crippen LogP contribution in [0.2, 0.25) is 0 Å². The van der Waals surface area contributed by atoms with Gasteiger partial charge in [-0.3, -0.25) is 0 Å². The van der Waals surface area contributed by atoms with Crippen molar-refractivity contribution in [2.24, 2.45) is 0 Å². The summed E-state index contributed by atoms with van der Waals surface area (Å²) in [6.45, 7) is 0. The zero-order valence-electron chi connectivity index (χ0n) is 19.9. The van der Waals surface area contributed by atoms with E-state index in [9.17, 15) is 4.39 Å². The third-order valence-electron chi connectivity index (χ3n) is 6.90. The zero-order valence-corrected chi connectivity index (χ0v) is 19.9. The molecule has 6 aromatic carbocycles. The highest BCUT2D eigenvalue weighted by atomic mass is 19.1. The van der Waals surface area contributed by atoms with E-state index in [1.807, 2.05) is 42.5 Å². The molecule has 0 saturated carbocycles. The van der Waals surface area contributed by atoms with Crippen LogP contribution < -0.4 is 5.32 Å². The molecule has 0 spiro atoms. The van der Waals surface area contributed by atoms with E-state index in [1.165, 1.54) is 6.07 Å². The van der Waals surface area contributed by atoms with Gasteiger partial charge in [-0.2, -0.15) is 0 Å². The SMILES string of the molecule is Fc1cccc(-c2cccc3cccc(-c4ccc(Nc5ccc6oc7ccccc7c6c5)cc4)c23)c1. The van der Waals surface area contributed by atoms with Gasteiger partial charge in [0.15, 0.2) is 0 Å². The molecule has 0 aliphatic heterocycles. The molecule has 1 heterocycles. The Morgan fingerprint density at radius 1 is 0.514 bits per heavy atom. The average Bonchev–Trinajstić information content (AvgIpc) is 3.31. The summed E-state index contributed by atoms with van der Waals surface area (Å²) >= 11 is 0. The van der Waals surface area contributed by atoms with E-state index >= 15 is 0 Å². The molecule has 2 nitrogen and oxygen atoms in total. The minimum absolute atomic E-state index is 0.232. The first kappa shape index (κ1) is 21.4. The second-order valence-corrected chi connectivity index (χ2v) is 9.23. The Morgan fingerprint density at radius 3 is 2.03 bits per heavy atom. The van der Waals surface area contributed by atoms with Crippen molar-refractivity contribution in [2.75, 3.05) is 5.32 Å². The molecule has 37 heavy (non-hydrogen) atoms. The predicted octanol–water partition coefficient (Wildman–Crippen LogP) is 9.96. The van der Waals surface area contributed by atoms with Crippen LogP contribution in [0.25, 0.3) is 55.0 Å². The van der Waals surface area contributed by atoms with Crippen molar-refractivity contribution < 1.29 is 8.81 Å². The van der Waals surface area contributed by atoms with Gasteiger partial charge in [-0.05, 0) is 81.6 Å². The van der Waals surface area contributed by atoms with Crippen LogP contribution in [0.5, 0.6) is 0 Å². The summed E-state index contributed by atoms with van der Waals surface area (Å²) < 4.78 is 20.0. The minimum atomic E-state index is -0.232. The second kappa shape index (κ2) is 8.65. The van der Waals surface area contributed by atoms with Gasteiger partial charge in [0.2, 0.25) is 0 Å². The van der Waals surface area contributed by atoms with Gasteiger partial charge in [-0.15, -0.1) is 0 Å². The lowest BCUT2D eigenvalue weighted by Gasteiger charge is -2.13. The Bertz CT molecular complexity index is 1910. The van der Waals surface area contributed by atoms with E-state index < -0.39 is 0 Å². The molecule has 0 amide bonds. The number of fused-ring (bicyclic) bond motifs is 4. The maximum atomic E-state index is 14.0. The molecule has 0 unspecified atom stereocenters. The Labute approximate surface area is 213 Å². The van der Waals surface area contributed by atoms with E-state index in [4.69, 9.17) is 4.42 Å². The fraction of sp³-hybridized carbons (Fsp3) is 0. The molecule has 0 atom stereocenters. The second-order valence-electron chi connectivity index (χ2n) is 9.23. The molecule has 176 valence electrons. The third-order valence-corrected chi connectivity index (χ3v) is 6.90. The van der Waals surface area contributed by atoms with Crippen LogP contribution in [-0.4, -0.2) is 0 Å². The molecular formula is C34H22FNO. The lowest BCUT2D eigenvalue weighted by atomic mass is 9.91. The number of furan rings is 1. The number of hydrogen-bond donors (Lipinski definition) is 1. The summed E-state index contributed by atoms with van der Waals surface area (Å²) in [6.07, 6.45) is 0. The first-order valence-corrected chi connectivity index (χ1v) is 12.3. The fourth-order valence-corrected chi connectivity index (χ4v) is 5.18. The molecule has 7 rings (SSSR count). The van der Waals surface area contributed by atoms with Crippen molar-refractivity contribution in [3.63, 3.8) is 0 Å². The zero-order chi connectivity index (χ0) is 24.8. The van der Waals surface area contributed by atoms with Crippen LogP contribution >= 0.6 is 0 Å². The Morgan fingerprint density at radius 2 is 1.22 bits per heavy atom. The monoisotopic (exact) mass is 479 g/mol. The van der Waals surface area contributed by atoms with Gasteiger partial charge in [-0.25, -0.2) is 4.39 Å². The Kier molecular flexibility index (Phi) is 5.00. The average molecular weight is 480 g/mol. The van der Waals surface area contributed by atoms with Crippen molar-refractivity contribution in [2.45, 2.75) is 0 Å². The first-order chi connectivity index (χ1) is 18.2. The van der Waals surface area contributed by atoms with Crippen LogP contribution in [0.4, 0.5) is 15.8 Å². The van der Waals surface area contributed by atoms with Gasteiger partial charge in [0, 0.05) is 22.1 Å². The van der Waals surface area contributed by atoms with Gasteiger partial charge in [0.1, 0.15) is 17.0 Å². The molecule has 0 saturated heterocycles. The first-order valence-electron chi connectivity index (χ1n) is 12.3. The molecule has 0 bridgehead atoms. The van der Waals surface area contributed by atoms with Crippen molar-refractivity contribution in [3.8, 4) is 22.3 Å². The number of anilines is 2. The number of para-hydroxylation sites is 1. The van der Waals surface area contributed by atoms with E-state index in [0.29, 0.717) is 0 Å². The van der Waals surface area contributed by atoms with E-state index in [2.05, 4.69) is 72.0 Å². The fourth-order valence-electron chi connectivity index (χ4n) is 5.18. The van der Waals surface area contributed by atoms with Crippen molar-refractivity contribution in [3.05, 3.63) is 133 Å². The van der Waals surface area contributed by atoms with Crippen LogP contribution in [0, 0.1) is 5.82 Å². The highest BCUT2D eigenvalue weighted by Gasteiger charge is 2.11. The molecular weight excluding hydrogens is 457 g/mol. The summed E-state index contributed by atoms with van der Waals surface area (Å²) in [4.78, 5) is 0. The molecule has 7 aromatic rings. The molecule has 1 N–H and O–H groups in total. The quantitative estimate of drug-likeness (QED) is 0.272. The number of benzene rings is 6. The summed E-state index contributed by atoms with van der Waals surface area (Å²) in [5.74, 6) is -0.232. The van der Waals surface area contributed by atoms with Crippen molar-refractivity contribution in [1.82, 2.24) is 0 Å². The normalized spacial score (nSPS) is 11.4. The van der Waals surface area contributed by atoms with Gasteiger partial charge in [-0.1, -0.05) is 78.9 Å². The molecule has 0 aliphatic rings. The third kappa shape index (κ3) is 3.82. The van der Waals surface area contributed by atoms with Gasteiger partial charge >= 0.3 is 0 Å². The summed E-state index contributed by atoms with van der Waals surface area (Å²) in [7, 11) is 0. The van der Waals surface area contributed by atoms with Gasteiger partial charge < -0.3 is 9.73 Å². The smallest absolute Gasteiger partial charge is 0.135 e. The summed E-state index contributed by atoms with van der Waals surface area (Å²) in [5, 5.41) is 7.98. The maximum Gasteiger partial charge on any atom is 0.135 e. The lowest BCUT2D eigenvalue weighted by molar-refractivity contribution is 0.628. The molecule has 1 aromatic heterocycles. The number of rotatable bonds is 4. The van der Waals surface area contributed by atoms with Crippen LogP contribution in [0.15, 0.2) is 132 Å². The van der Waals surface area contributed by atoms with E-state index in [0.717, 1.165) is 66.3 Å². The Balaban J connectivity index is 1.25. The standard InChI is InChI=1S/C34H22FNO/c35-25-9-3-8-24(20-25)29-12-5-7-23-6-4-11-28(34(23)29)22-14-16-26(17-15-22)36-27-18-19-33-31(21-27)30-10-1-2-13-32(30)37-33/h1-21,36H. The highest BCUT2D eigenvalue weighted by Crippen LogP contribution is 2.37. The number of hydrogen-bond acceptors (Lipinski definition) is 2. The number of nitrogens with one attached hydrogen (secondary N) is 1. The van der Waals surface area contributed by atoms with Crippen LogP contribution in [-0.2, 0) is 0 Å². The van der Waals surface area contributed by atoms with E-state index in [1.54, 1.807) is 12.1 Å². The number of halogens is 1. The molecule has 0 radical (unpaired) electrons. The predicted molar refractivity (Wildman–Crippen MR) is 152 cm³/mol. The Hall–Kier alpha value is -4.89. The van der Waals surface area contributed by atoms with Crippen molar-refractivity contribution in [1.29, 1.82) is 0 Å². The molecule has 0 fully saturated rings. The van der Waals surface area contributed by atoms with Crippen LogP contribution in [0.3, 0.4) is 0 Å². The van der Waals surface area contributed by atoms with Gasteiger partial charge in [0.25, 0.3) is 0 Å². The van der Waals surface area contributed by atoms with Gasteiger partial charge in [0.05, 0.1) is 0 Å². The van der Waals surface area contributed by atoms with Crippen molar-refractivity contribution >= 4 is 44.1 Å². The molecule has 0 aliphatic carbocycles.